The van der Waals surface area contributed by atoms with Gasteiger partial charge in [0.05, 0.1) is 17.6 Å². The Balaban J connectivity index is 2.29. The molecule has 96 valence electrons. The molecule has 5 nitrogen and oxygen atoms in total. The molecule has 0 fully saturated rings. The molecule has 2 aromatic heterocycles. The number of nitrogens with zero attached hydrogens (tertiary/aromatic N) is 3. The maximum atomic E-state index is 5.97. The molecule has 0 saturated carbocycles. The molecule has 18 heavy (non-hydrogen) atoms. The molecule has 0 spiro atoms. The minimum absolute atomic E-state index is 0.201. The van der Waals surface area contributed by atoms with Gasteiger partial charge in [-0.2, -0.15) is 4.98 Å². The van der Waals surface area contributed by atoms with E-state index in [1.807, 2.05) is 31.9 Å². The summed E-state index contributed by atoms with van der Waals surface area (Å²) in [5.41, 5.74) is 8.28. The van der Waals surface area contributed by atoms with Crippen molar-refractivity contribution in [2.75, 3.05) is 17.7 Å². The number of aromatic nitrogens is 2. The van der Waals surface area contributed by atoms with Gasteiger partial charge < -0.3 is 15.1 Å². The van der Waals surface area contributed by atoms with Gasteiger partial charge >= 0.3 is 0 Å². The van der Waals surface area contributed by atoms with Crippen LogP contribution in [0.25, 0.3) is 0 Å². The molecule has 0 radical (unpaired) electrons. The topological polar surface area (TPSA) is 68.2 Å². The fourth-order valence-electron chi connectivity index (χ4n) is 1.73. The molecule has 0 atom stereocenters. The van der Waals surface area contributed by atoms with Gasteiger partial charge in [0.25, 0.3) is 0 Å². The second kappa shape index (κ2) is 4.86. The quantitative estimate of drug-likeness (QED) is 0.865. The second-order valence-corrected chi connectivity index (χ2v) is 4.51. The Kier molecular flexibility index (Phi) is 3.43. The zero-order valence-electron chi connectivity index (χ0n) is 10.6. The predicted molar refractivity (Wildman–Crippen MR) is 71.7 cm³/mol. The Morgan fingerprint density at radius 2 is 2.11 bits per heavy atom. The average Bonchev–Trinajstić information content (AvgIpc) is 2.69. The molecule has 0 bridgehead atoms. The fraction of sp³-hybridized carbons (Fsp3) is 0.333. The largest absolute Gasteiger partial charge is 0.469 e. The predicted octanol–water partition coefficient (Wildman–Crippen LogP) is 2.56. The number of rotatable bonds is 3. The van der Waals surface area contributed by atoms with Crippen LogP contribution < -0.4 is 10.6 Å². The highest BCUT2D eigenvalue weighted by Crippen LogP contribution is 2.25. The van der Waals surface area contributed by atoms with Crippen LogP contribution in [0.15, 0.2) is 16.7 Å². The lowest BCUT2D eigenvalue weighted by Gasteiger charge is -2.20. The number of hydrogen-bond donors (Lipinski definition) is 1. The molecule has 2 aromatic rings. The molecule has 0 saturated heterocycles. The highest BCUT2D eigenvalue weighted by atomic mass is 35.5. The van der Waals surface area contributed by atoms with Gasteiger partial charge in [-0.05, 0) is 31.5 Å². The van der Waals surface area contributed by atoms with Crippen molar-refractivity contribution in [3.05, 3.63) is 34.6 Å². The Morgan fingerprint density at radius 3 is 2.72 bits per heavy atom. The molecule has 6 heteroatoms. The van der Waals surface area contributed by atoms with E-state index in [9.17, 15) is 0 Å². The third-order valence-electron chi connectivity index (χ3n) is 2.82. The molecule has 0 unspecified atom stereocenters. The normalized spacial score (nSPS) is 10.7. The maximum Gasteiger partial charge on any atom is 0.224 e. The number of furan rings is 1. The summed E-state index contributed by atoms with van der Waals surface area (Å²) in [6.45, 7) is 4.38. The van der Waals surface area contributed by atoms with Crippen LogP contribution in [0.3, 0.4) is 0 Å². The Bertz CT molecular complexity index is 567. The van der Waals surface area contributed by atoms with Crippen LogP contribution in [0.2, 0.25) is 5.28 Å². The third kappa shape index (κ3) is 2.41. The molecular weight excluding hydrogens is 252 g/mol. The molecule has 0 aliphatic carbocycles. The average molecular weight is 267 g/mol. The van der Waals surface area contributed by atoms with Crippen molar-refractivity contribution in [3.8, 4) is 0 Å². The summed E-state index contributed by atoms with van der Waals surface area (Å²) in [6, 6.07) is 1.93. The van der Waals surface area contributed by atoms with Crippen LogP contribution in [0, 0.1) is 13.8 Å². The van der Waals surface area contributed by atoms with E-state index >= 15 is 0 Å². The monoisotopic (exact) mass is 266 g/mol. The number of aryl methyl sites for hydroxylation is 2. The van der Waals surface area contributed by atoms with Gasteiger partial charge in [0.1, 0.15) is 5.76 Å². The third-order valence-corrected chi connectivity index (χ3v) is 2.99. The Morgan fingerprint density at radius 1 is 1.39 bits per heavy atom. The van der Waals surface area contributed by atoms with Crippen LogP contribution in [0.5, 0.6) is 0 Å². The van der Waals surface area contributed by atoms with Crippen molar-refractivity contribution in [2.45, 2.75) is 20.4 Å². The van der Waals surface area contributed by atoms with E-state index in [0.717, 1.165) is 11.3 Å². The lowest BCUT2D eigenvalue weighted by Crippen LogP contribution is -2.20. The number of hydrogen-bond acceptors (Lipinski definition) is 5. The van der Waals surface area contributed by atoms with Gasteiger partial charge in [0.2, 0.25) is 5.28 Å². The summed E-state index contributed by atoms with van der Waals surface area (Å²) in [5.74, 6) is 1.52. The Hall–Kier alpha value is -1.75. The zero-order valence-corrected chi connectivity index (χ0v) is 11.3. The van der Waals surface area contributed by atoms with Crippen molar-refractivity contribution in [1.82, 2.24) is 9.97 Å². The van der Waals surface area contributed by atoms with Gasteiger partial charge in [0, 0.05) is 19.2 Å². The molecule has 2 rings (SSSR count). The lowest BCUT2D eigenvalue weighted by atomic mass is 10.2. The van der Waals surface area contributed by atoms with E-state index in [0.29, 0.717) is 23.7 Å². The van der Waals surface area contributed by atoms with E-state index < -0.39 is 0 Å². The minimum atomic E-state index is 0.201. The second-order valence-electron chi connectivity index (χ2n) is 4.17. The number of halogens is 1. The summed E-state index contributed by atoms with van der Waals surface area (Å²) in [4.78, 5) is 10.1. The van der Waals surface area contributed by atoms with Gasteiger partial charge in [0.15, 0.2) is 5.82 Å². The lowest BCUT2D eigenvalue weighted by molar-refractivity contribution is 0.529. The number of anilines is 2. The maximum absolute atomic E-state index is 5.97. The van der Waals surface area contributed by atoms with E-state index in [-0.39, 0.29) is 5.28 Å². The van der Waals surface area contributed by atoms with Gasteiger partial charge in [-0.15, -0.1) is 0 Å². The summed E-state index contributed by atoms with van der Waals surface area (Å²) in [7, 11) is 1.90. The summed E-state index contributed by atoms with van der Waals surface area (Å²) in [6.07, 6.45) is 1.67. The minimum Gasteiger partial charge on any atom is -0.469 e. The molecule has 2 heterocycles. The van der Waals surface area contributed by atoms with E-state index in [2.05, 4.69) is 9.97 Å². The van der Waals surface area contributed by atoms with Crippen molar-refractivity contribution in [1.29, 1.82) is 0 Å². The van der Waals surface area contributed by atoms with E-state index in [1.54, 1.807) is 6.26 Å². The number of nitrogen functional groups attached to an aromatic ring is 1. The first-order valence-electron chi connectivity index (χ1n) is 5.52. The van der Waals surface area contributed by atoms with Crippen molar-refractivity contribution < 1.29 is 4.42 Å². The van der Waals surface area contributed by atoms with Crippen LogP contribution in [0.1, 0.15) is 17.0 Å². The zero-order chi connectivity index (χ0) is 13.3. The van der Waals surface area contributed by atoms with E-state index in [4.69, 9.17) is 21.8 Å². The smallest absolute Gasteiger partial charge is 0.224 e. The van der Waals surface area contributed by atoms with Crippen molar-refractivity contribution in [3.63, 3.8) is 0 Å². The fourth-order valence-corrected chi connectivity index (χ4v) is 1.94. The highest BCUT2D eigenvalue weighted by Gasteiger charge is 2.14. The first kappa shape index (κ1) is 12.7. The Labute approximate surface area is 111 Å². The summed E-state index contributed by atoms with van der Waals surface area (Å²) < 4.78 is 5.26. The summed E-state index contributed by atoms with van der Waals surface area (Å²) >= 11 is 5.86. The SMILES string of the molecule is Cc1nc(Cl)nc(N(C)Cc2ccoc2C)c1N. The van der Waals surface area contributed by atoms with Crippen LogP contribution >= 0.6 is 11.6 Å². The molecule has 0 aliphatic rings. The van der Waals surface area contributed by atoms with Crippen LogP contribution in [-0.2, 0) is 6.54 Å². The van der Waals surface area contributed by atoms with Crippen molar-refractivity contribution >= 4 is 23.1 Å². The van der Waals surface area contributed by atoms with E-state index in [1.165, 1.54) is 0 Å². The van der Waals surface area contributed by atoms with Gasteiger partial charge in [-0.1, -0.05) is 0 Å². The summed E-state index contributed by atoms with van der Waals surface area (Å²) in [5, 5.41) is 0.201. The standard InChI is InChI=1S/C12H15ClN4O/c1-7-10(14)11(16-12(13)15-7)17(3)6-9-4-5-18-8(9)2/h4-5H,6,14H2,1-3H3. The van der Waals surface area contributed by atoms with Crippen LogP contribution in [0.4, 0.5) is 11.5 Å². The molecule has 0 aromatic carbocycles. The molecule has 0 amide bonds. The first-order valence-corrected chi connectivity index (χ1v) is 5.90. The van der Waals surface area contributed by atoms with Crippen LogP contribution in [-0.4, -0.2) is 17.0 Å². The van der Waals surface area contributed by atoms with Gasteiger partial charge in [-0.25, -0.2) is 4.98 Å². The van der Waals surface area contributed by atoms with Gasteiger partial charge in [-0.3, -0.25) is 0 Å². The number of nitrogens with two attached hydrogens (primary N) is 1. The first-order chi connectivity index (χ1) is 8.49. The highest BCUT2D eigenvalue weighted by molar-refractivity contribution is 6.28. The molecule has 0 aliphatic heterocycles. The molecular formula is C12H15ClN4O. The van der Waals surface area contributed by atoms with Crippen molar-refractivity contribution in [2.24, 2.45) is 0 Å². The molecule has 2 N–H and O–H groups in total.